The Balaban J connectivity index is 1.39. The van der Waals surface area contributed by atoms with Gasteiger partial charge >= 0.3 is 13.2 Å². The third kappa shape index (κ3) is 5.23. The van der Waals surface area contributed by atoms with Crippen molar-refractivity contribution in [3.63, 3.8) is 0 Å². The molecule has 2 aliphatic heterocycles. The Hall–Kier alpha value is -1.80. The molecule has 3 rings (SSSR count). The lowest BCUT2D eigenvalue weighted by molar-refractivity contribution is -0.00390. The number of likely N-dealkylation sites (tertiary alicyclic amines) is 1. The molecule has 0 atom stereocenters. The zero-order valence-corrected chi connectivity index (χ0v) is 18.7. The molecule has 2 fully saturated rings. The molecule has 29 heavy (non-hydrogen) atoms. The summed E-state index contributed by atoms with van der Waals surface area (Å²) < 4.78 is 23.2. The second-order valence-electron chi connectivity index (χ2n) is 9.91. The van der Waals surface area contributed by atoms with Crippen molar-refractivity contribution in [1.29, 1.82) is 0 Å². The molecule has 0 N–H and O–H groups in total. The predicted molar refractivity (Wildman–Crippen MR) is 111 cm³/mol. The van der Waals surface area contributed by atoms with E-state index < -0.39 is 12.7 Å². The molecule has 3 heterocycles. The van der Waals surface area contributed by atoms with Gasteiger partial charge in [-0.3, -0.25) is 0 Å². The minimum absolute atomic E-state index is 0.241. The zero-order valence-electron chi connectivity index (χ0n) is 18.7. The van der Waals surface area contributed by atoms with Crippen LogP contribution in [0.4, 0.5) is 4.79 Å². The van der Waals surface area contributed by atoms with Crippen molar-refractivity contribution in [2.24, 2.45) is 5.92 Å². The normalized spacial score (nSPS) is 21.1. The Labute approximate surface area is 174 Å². The van der Waals surface area contributed by atoms with Crippen LogP contribution in [0.5, 0.6) is 5.88 Å². The maximum absolute atomic E-state index is 11.9. The van der Waals surface area contributed by atoms with Gasteiger partial charge in [0.15, 0.2) is 0 Å². The van der Waals surface area contributed by atoms with E-state index in [1.807, 2.05) is 60.6 Å². The number of carbonyl (C=O) groups excluding carboxylic acids is 1. The van der Waals surface area contributed by atoms with E-state index in [-0.39, 0.29) is 17.3 Å². The molecule has 0 spiro atoms. The Morgan fingerprint density at radius 3 is 2.34 bits per heavy atom. The van der Waals surface area contributed by atoms with Crippen LogP contribution in [0.3, 0.4) is 0 Å². The van der Waals surface area contributed by atoms with Gasteiger partial charge in [0.25, 0.3) is 0 Å². The first-order chi connectivity index (χ1) is 13.4. The van der Waals surface area contributed by atoms with E-state index in [1.165, 1.54) is 0 Å². The second kappa shape index (κ2) is 7.80. The van der Waals surface area contributed by atoms with Crippen LogP contribution in [0.25, 0.3) is 0 Å². The molecule has 2 aliphatic rings. The molecule has 160 valence electrons. The number of carbonyl (C=O) groups is 1. The third-order valence-electron chi connectivity index (χ3n) is 5.67. The van der Waals surface area contributed by atoms with E-state index in [0.29, 0.717) is 31.5 Å². The topological polar surface area (TPSA) is 70.1 Å². The van der Waals surface area contributed by atoms with Gasteiger partial charge in [-0.2, -0.15) is 0 Å². The lowest BCUT2D eigenvalue weighted by Crippen LogP contribution is -2.51. The van der Waals surface area contributed by atoms with Crippen LogP contribution in [0.15, 0.2) is 18.3 Å². The predicted octanol–water partition coefficient (Wildman–Crippen LogP) is 3.02. The summed E-state index contributed by atoms with van der Waals surface area (Å²) in [4.78, 5) is 18.1. The Bertz CT molecular complexity index is 708. The summed E-state index contributed by atoms with van der Waals surface area (Å²) >= 11 is 0. The van der Waals surface area contributed by atoms with Gasteiger partial charge in [0.05, 0.1) is 17.8 Å². The smallest absolute Gasteiger partial charge is 0.478 e. The summed E-state index contributed by atoms with van der Waals surface area (Å²) in [6.45, 7) is 15.7. The first-order valence-corrected chi connectivity index (χ1v) is 10.3. The first-order valence-electron chi connectivity index (χ1n) is 10.3. The van der Waals surface area contributed by atoms with Gasteiger partial charge in [0.1, 0.15) is 5.60 Å². The first kappa shape index (κ1) is 21.9. The fraction of sp³-hybridized carbons (Fsp3) is 0.714. The number of pyridine rings is 1. The molecule has 8 heteroatoms. The molecule has 0 saturated carbocycles. The van der Waals surface area contributed by atoms with Crippen molar-refractivity contribution in [3.05, 3.63) is 18.3 Å². The van der Waals surface area contributed by atoms with Crippen LogP contribution in [0.2, 0.25) is 0 Å². The van der Waals surface area contributed by atoms with Crippen molar-refractivity contribution in [2.75, 3.05) is 19.7 Å². The fourth-order valence-electron chi connectivity index (χ4n) is 3.15. The summed E-state index contributed by atoms with van der Waals surface area (Å²) in [7, 11) is -0.421. The monoisotopic (exact) mass is 404 g/mol. The summed E-state index contributed by atoms with van der Waals surface area (Å²) in [6.07, 6.45) is 2.38. The Kier molecular flexibility index (Phi) is 5.89. The van der Waals surface area contributed by atoms with Gasteiger partial charge < -0.3 is 23.7 Å². The minimum atomic E-state index is -0.455. The molecule has 0 bridgehead atoms. The Morgan fingerprint density at radius 2 is 1.83 bits per heavy atom. The van der Waals surface area contributed by atoms with Crippen LogP contribution in [-0.4, -0.2) is 59.6 Å². The molecule has 1 amide bonds. The van der Waals surface area contributed by atoms with Crippen molar-refractivity contribution in [1.82, 2.24) is 9.88 Å². The molecule has 0 aromatic carbocycles. The number of rotatable bonds is 5. The Morgan fingerprint density at radius 1 is 1.21 bits per heavy atom. The van der Waals surface area contributed by atoms with E-state index in [4.69, 9.17) is 18.8 Å². The lowest BCUT2D eigenvalue weighted by Gasteiger charge is -2.39. The molecule has 7 nitrogen and oxygen atoms in total. The maximum Gasteiger partial charge on any atom is 0.496 e. The number of amides is 1. The van der Waals surface area contributed by atoms with Crippen LogP contribution < -0.4 is 10.2 Å². The van der Waals surface area contributed by atoms with Gasteiger partial charge in [-0.1, -0.05) is 6.07 Å². The number of ether oxygens (including phenoxy) is 2. The average molecular weight is 404 g/mol. The van der Waals surface area contributed by atoms with Crippen molar-refractivity contribution < 1.29 is 23.6 Å². The quantitative estimate of drug-likeness (QED) is 0.703. The minimum Gasteiger partial charge on any atom is -0.478 e. The fourth-order valence-corrected chi connectivity index (χ4v) is 3.15. The summed E-state index contributed by atoms with van der Waals surface area (Å²) in [5.41, 5.74) is -0.322. The molecular weight excluding hydrogens is 371 g/mol. The van der Waals surface area contributed by atoms with Crippen LogP contribution >= 0.6 is 0 Å². The standard InChI is InChI=1S/C21H33BN2O5/c1-19(2,3)27-18(25)24-13-15(14-24)10-11-26-17-9-8-16(12-23-17)22-28-20(4,5)21(6,7)29-22/h8-9,12,15H,10-11,13-14H2,1-7H3. The average Bonchev–Trinajstić information content (AvgIpc) is 2.76. The van der Waals surface area contributed by atoms with E-state index in [9.17, 15) is 4.79 Å². The molecule has 1 aromatic rings. The van der Waals surface area contributed by atoms with Gasteiger partial charge in [-0.25, -0.2) is 9.78 Å². The molecule has 0 unspecified atom stereocenters. The molecule has 0 radical (unpaired) electrons. The highest BCUT2D eigenvalue weighted by Crippen LogP contribution is 2.36. The van der Waals surface area contributed by atoms with Crippen molar-refractivity contribution in [3.8, 4) is 5.88 Å². The summed E-state index contributed by atoms with van der Waals surface area (Å²) in [5.74, 6) is 1.01. The van der Waals surface area contributed by atoms with E-state index in [0.717, 1.165) is 11.9 Å². The third-order valence-corrected chi connectivity index (χ3v) is 5.67. The zero-order chi connectivity index (χ0) is 21.4. The lowest BCUT2D eigenvalue weighted by atomic mass is 9.80. The van der Waals surface area contributed by atoms with E-state index in [1.54, 1.807) is 11.1 Å². The largest absolute Gasteiger partial charge is 0.496 e. The van der Waals surface area contributed by atoms with Crippen LogP contribution in [0, 0.1) is 5.92 Å². The maximum atomic E-state index is 11.9. The van der Waals surface area contributed by atoms with Gasteiger partial charge in [0.2, 0.25) is 5.88 Å². The SMILES string of the molecule is CC(C)(C)OC(=O)N1CC(CCOc2ccc(B3OC(C)(C)C(C)(C)O3)cn2)C1. The van der Waals surface area contributed by atoms with E-state index >= 15 is 0 Å². The molecule has 0 aliphatic carbocycles. The van der Waals surface area contributed by atoms with Crippen LogP contribution in [-0.2, 0) is 14.0 Å². The molecule has 2 saturated heterocycles. The van der Waals surface area contributed by atoms with Gasteiger partial charge in [0, 0.05) is 24.7 Å². The highest BCUT2D eigenvalue weighted by Gasteiger charge is 2.51. The number of aromatic nitrogens is 1. The highest BCUT2D eigenvalue weighted by molar-refractivity contribution is 6.62. The van der Waals surface area contributed by atoms with Crippen molar-refractivity contribution in [2.45, 2.75) is 71.7 Å². The van der Waals surface area contributed by atoms with E-state index in [2.05, 4.69) is 4.98 Å². The number of nitrogens with zero attached hydrogens (tertiary/aromatic N) is 2. The van der Waals surface area contributed by atoms with Crippen LogP contribution in [0.1, 0.15) is 54.9 Å². The summed E-state index contributed by atoms with van der Waals surface area (Å²) in [6, 6.07) is 3.77. The highest BCUT2D eigenvalue weighted by atomic mass is 16.7. The second-order valence-corrected chi connectivity index (χ2v) is 9.91. The number of hydrogen-bond donors (Lipinski definition) is 0. The van der Waals surface area contributed by atoms with Gasteiger partial charge in [-0.05, 0) is 66.9 Å². The summed E-state index contributed by atoms with van der Waals surface area (Å²) in [5, 5.41) is 0. The molecular formula is C21H33BN2O5. The van der Waals surface area contributed by atoms with Gasteiger partial charge in [-0.15, -0.1) is 0 Å². The number of hydrogen-bond acceptors (Lipinski definition) is 6. The molecule has 1 aromatic heterocycles. The van der Waals surface area contributed by atoms with Crippen molar-refractivity contribution >= 4 is 18.7 Å².